The van der Waals surface area contributed by atoms with Gasteiger partial charge in [0.1, 0.15) is 6.61 Å². The molecular weight excluding hydrogens is 284 g/mol. The number of methoxy groups -OCH3 is 1. The van der Waals surface area contributed by atoms with Gasteiger partial charge in [0.05, 0.1) is 19.8 Å². The first-order chi connectivity index (χ1) is 10.8. The van der Waals surface area contributed by atoms with Crippen molar-refractivity contribution in [2.45, 2.75) is 18.9 Å². The average molecular weight is 306 g/mol. The highest BCUT2D eigenvalue weighted by atomic mass is 16.5. The number of rotatable bonds is 4. The first-order valence-electron chi connectivity index (χ1n) is 7.67. The quantitative estimate of drug-likeness (QED) is 0.881. The van der Waals surface area contributed by atoms with E-state index in [0.29, 0.717) is 19.1 Å². The van der Waals surface area contributed by atoms with Crippen LogP contribution in [0.15, 0.2) is 18.2 Å². The van der Waals surface area contributed by atoms with E-state index in [0.717, 1.165) is 43.1 Å². The zero-order valence-electron chi connectivity index (χ0n) is 12.8. The van der Waals surface area contributed by atoms with Crippen LogP contribution in [0.5, 0.6) is 11.5 Å². The van der Waals surface area contributed by atoms with Gasteiger partial charge in [-0.05, 0) is 18.9 Å². The lowest BCUT2D eigenvalue weighted by Crippen LogP contribution is -2.48. The SMILES string of the molecule is COc1cccc2c1OC[C@@H](NC(=O)NC[C@@H]1CCOC1)C2. The molecule has 2 aliphatic heterocycles. The van der Waals surface area contributed by atoms with Crippen molar-refractivity contribution in [2.75, 3.05) is 33.5 Å². The molecule has 1 fully saturated rings. The lowest BCUT2D eigenvalue weighted by Gasteiger charge is -2.27. The predicted octanol–water partition coefficient (Wildman–Crippen LogP) is 1.33. The highest BCUT2D eigenvalue weighted by Gasteiger charge is 2.24. The Balaban J connectivity index is 1.50. The van der Waals surface area contributed by atoms with Crippen molar-refractivity contribution >= 4 is 6.03 Å². The molecule has 6 heteroatoms. The van der Waals surface area contributed by atoms with E-state index in [2.05, 4.69) is 10.6 Å². The van der Waals surface area contributed by atoms with Crippen LogP contribution in [-0.4, -0.2) is 45.5 Å². The van der Waals surface area contributed by atoms with Crippen molar-refractivity contribution in [1.29, 1.82) is 0 Å². The van der Waals surface area contributed by atoms with Gasteiger partial charge in [-0.3, -0.25) is 0 Å². The smallest absolute Gasteiger partial charge is 0.315 e. The van der Waals surface area contributed by atoms with Crippen LogP contribution in [0.25, 0.3) is 0 Å². The van der Waals surface area contributed by atoms with Gasteiger partial charge >= 0.3 is 6.03 Å². The fraction of sp³-hybridized carbons (Fsp3) is 0.562. The number of hydrogen-bond donors (Lipinski definition) is 2. The summed E-state index contributed by atoms with van der Waals surface area (Å²) in [4.78, 5) is 12.0. The van der Waals surface area contributed by atoms with Crippen LogP contribution in [0.2, 0.25) is 0 Å². The summed E-state index contributed by atoms with van der Waals surface area (Å²) in [6.45, 7) is 2.64. The summed E-state index contributed by atoms with van der Waals surface area (Å²) in [5.41, 5.74) is 1.06. The van der Waals surface area contributed by atoms with Gasteiger partial charge in [0, 0.05) is 24.6 Å². The molecular formula is C16H22N2O4. The van der Waals surface area contributed by atoms with E-state index in [-0.39, 0.29) is 12.1 Å². The Bertz CT molecular complexity index is 529. The maximum Gasteiger partial charge on any atom is 0.315 e. The van der Waals surface area contributed by atoms with Crippen molar-refractivity contribution in [3.8, 4) is 11.5 Å². The first kappa shape index (κ1) is 15.0. The molecule has 0 saturated carbocycles. The fourth-order valence-corrected chi connectivity index (χ4v) is 2.87. The van der Waals surface area contributed by atoms with Gasteiger partial charge in [-0.15, -0.1) is 0 Å². The standard InChI is InChI=1S/C16H22N2O4/c1-20-14-4-2-3-12-7-13(10-22-15(12)14)18-16(19)17-8-11-5-6-21-9-11/h2-4,11,13H,5-10H2,1H3,(H2,17,18,19)/t11-,13-/m0/s1. The third-order valence-corrected chi connectivity index (χ3v) is 4.09. The van der Waals surface area contributed by atoms with Crippen LogP contribution in [0.3, 0.4) is 0 Å². The van der Waals surface area contributed by atoms with Gasteiger partial charge in [0.25, 0.3) is 0 Å². The van der Waals surface area contributed by atoms with Gasteiger partial charge in [0.2, 0.25) is 0 Å². The summed E-state index contributed by atoms with van der Waals surface area (Å²) in [6.07, 6.45) is 1.76. The first-order valence-corrected chi connectivity index (χ1v) is 7.67. The molecule has 120 valence electrons. The molecule has 2 N–H and O–H groups in total. The van der Waals surface area contributed by atoms with Crippen molar-refractivity contribution in [2.24, 2.45) is 5.92 Å². The Hall–Kier alpha value is -1.95. The van der Waals surface area contributed by atoms with Crippen LogP contribution in [0.4, 0.5) is 4.79 Å². The Morgan fingerprint density at radius 1 is 1.41 bits per heavy atom. The Morgan fingerprint density at radius 3 is 3.09 bits per heavy atom. The molecule has 2 aliphatic rings. The van der Waals surface area contributed by atoms with Crippen LogP contribution in [0.1, 0.15) is 12.0 Å². The second kappa shape index (κ2) is 6.87. The van der Waals surface area contributed by atoms with E-state index >= 15 is 0 Å². The van der Waals surface area contributed by atoms with Crippen molar-refractivity contribution in [3.05, 3.63) is 23.8 Å². The lowest BCUT2D eigenvalue weighted by atomic mass is 10.0. The molecule has 0 unspecified atom stereocenters. The Kier molecular flexibility index (Phi) is 4.68. The van der Waals surface area contributed by atoms with Crippen LogP contribution >= 0.6 is 0 Å². The van der Waals surface area contributed by atoms with Crippen molar-refractivity contribution in [1.82, 2.24) is 10.6 Å². The molecule has 2 amide bonds. The third kappa shape index (κ3) is 3.44. The number of hydrogen-bond acceptors (Lipinski definition) is 4. The molecule has 0 spiro atoms. The zero-order valence-corrected chi connectivity index (χ0v) is 12.8. The number of urea groups is 1. The van der Waals surface area contributed by atoms with Gasteiger partial charge in [-0.25, -0.2) is 4.79 Å². The number of carbonyl (C=O) groups is 1. The second-order valence-corrected chi connectivity index (χ2v) is 5.74. The fourth-order valence-electron chi connectivity index (χ4n) is 2.87. The van der Waals surface area contributed by atoms with E-state index in [9.17, 15) is 4.79 Å². The maximum absolute atomic E-state index is 12.0. The largest absolute Gasteiger partial charge is 0.493 e. The Morgan fingerprint density at radius 2 is 2.32 bits per heavy atom. The summed E-state index contributed by atoms with van der Waals surface area (Å²) in [5.74, 6) is 1.95. The van der Waals surface area contributed by atoms with Crippen LogP contribution < -0.4 is 20.1 Å². The number of para-hydroxylation sites is 1. The summed E-state index contributed by atoms with van der Waals surface area (Å²) >= 11 is 0. The summed E-state index contributed by atoms with van der Waals surface area (Å²) < 4.78 is 16.3. The topological polar surface area (TPSA) is 68.8 Å². The van der Waals surface area contributed by atoms with Crippen LogP contribution in [-0.2, 0) is 11.2 Å². The lowest BCUT2D eigenvalue weighted by molar-refractivity contribution is 0.184. The number of benzene rings is 1. The van der Waals surface area contributed by atoms with E-state index in [1.807, 2.05) is 18.2 Å². The molecule has 0 aromatic heterocycles. The summed E-state index contributed by atoms with van der Waals surface area (Å²) in [6, 6.07) is 5.64. The molecule has 2 heterocycles. The summed E-state index contributed by atoms with van der Waals surface area (Å²) in [7, 11) is 1.63. The monoisotopic (exact) mass is 306 g/mol. The maximum atomic E-state index is 12.0. The molecule has 1 aromatic carbocycles. The minimum Gasteiger partial charge on any atom is -0.493 e. The normalized spacial score (nSPS) is 23.3. The van der Waals surface area contributed by atoms with Gasteiger partial charge < -0.3 is 24.8 Å². The summed E-state index contributed by atoms with van der Waals surface area (Å²) in [5, 5.41) is 5.87. The van der Waals surface area contributed by atoms with Gasteiger partial charge in [0.15, 0.2) is 11.5 Å². The zero-order chi connectivity index (χ0) is 15.4. The molecule has 2 atom stereocenters. The molecule has 22 heavy (non-hydrogen) atoms. The number of amides is 2. The number of carbonyl (C=O) groups excluding carboxylic acids is 1. The predicted molar refractivity (Wildman–Crippen MR) is 81.4 cm³/mol. The molecule has 6 nitrogen and oxygen atoms in total. The number of fused-ring (bicyclic) bond motifs is 1. The molecule has 0 bridgehead atoms. The van der Waals surface area contributed by atoms with Crippen molar-refractivity contribution in [3.63, 3.8) is 0 Å². The highest BCUT2D eigenvalue weighted by Crippen LogP contribution is 2.34. The van der Waals surface area contributed by atoms with E-state index in [1.54, 1.807) is 7.11 Å². The van der Waals surface area contributed by atoms with Crippen LogP contribution in [0, 0.1) is 5.92 Å². The van der Waals surface area contributed by atoms with E-state index < -0.39 is 0 Å². The molecule has 1 aromatic rings. The molecule has 3 rings (SSSR count). The molecule has 0 aliphatic carbocycles. The minimum atomic E-state index is -0.146. The highest BCUT2D eigenvalue weighted by molar-refractivity contribution is 5.74. The molecule has 1 saturated heterocycles. The van der Waals surface area contributed by atoms with Crippen molar-refractivity contribution < 1.29 is 19.0 Å². The van der Waals surface area contributed by atoms with Gasteiger partial charge in [-0.1, -0.05) is 12.1 Å². The number of nitrogens with one attached hydrogen (secondary N) is 2. The van der Waals surface area contributed by atoms with E-state index in [4.69, 9.17) is 14.2 Å². The Labute approximate surface area is 130 Å². The third-order valence-electron chi connectivity index (χ3n) is 4.09. The average Bonchev–Trinajstić information content (AvgIpc) is 3.05. The van der Waals surface area contributed by atoms with E-state index in [1.165, 1.54) is 0 Å². The second-order valence-electron chi connectivity index (χ2n) is 5.74. The molecule has 0 radical (unpaired) electrons. The number of ether oxygens (including phenoxy) is 3. The minimum absolute atomic E-state index is 0.0283. The van der Waals surface area contributed by atoms with Gasteiger partial charge in [-0.2, -0.15) is 0 Å².